The fraction of sp³-hybridized carbons (Fsp3) is 0.417. The molecule has 0 radical (unpaired) electrons. The van der Waals surface area contributed by atoms with Crippen LogP contribution in [0.15, 0.2) is 30.3 Å². The highest BCUT2D eigenvalue weighted by Gasteiger charge is 2.16. The summed E-state index contributed by atoms with van der Waals surface area (Å²) < 4.78 is 0. The van der Waals surface area contributed by atoms with Gasteiger partial charge in [0.25, 0.3) is 0 Å². The highest BCUT2D eigenvalue weighted by Crippen LogP contribution is 2.07. The second-order valence-electron chi connectivity index (χ2n) is 4.09. The summed E-state index contributed by atoms with van der Waals surface area (Å²) in [7, 11) is 0. The Morgan fingerprint density at radius 1 is 1.12 bits per heavy atom. The third kappa shape index (κ3) is 2.93. The first-order valence-corrected chi connectivity index (χ1v) is 5.97. The van der Waals surface area contributed by atoms with E-state index < -0.39 is 0 Å². The molecule has 2 N–H and O–H groups in total. The van der Waals surface area contributed by atoms with Gasteiger partial charge in [-0.1, -0.05) is 30.3 Å². The molecule has 3 nitrogen and oxygen atoms in total. The van der Waals surface area contributed by atoms with E-state index in [4.69, 9.17) is 18.0 Å². The number of hydrogen-bond acceptors (Lipinski definition) is 2. The van der Waals surface area contributed by atoms with Crippen LogP contribution < -0.4 is 5.73 Å². The lowest BCUT2D eigenvalue weighted by molar-refractivity contribution is 0.176. The molecule has 0 amide bonds. The fourth-order valence-corrected chi connectivity index (χ4v) is 2.15. The number of nitrogens with zero attached hydrogens (tertiary/aromatic N) is 2. The molecule has 1 aliphatic heterocycles. The lowest BCUT2D eigenvalue weighted by Crippen LogP contribution is -2.49. The van der Waals surface area contributed by atoms with E-state index in [1.807, 2.05) is 6.07 Å². The Hall–Kier alpha value is -1.13. The van der Waals surface area contributed by atoms with Gasteiger partial charge in [-0.2, -0.15) is 0 Å². The van der Waals surface area contributed by atoms with Gasteiger partial charge < -0.3 is 10.6 Å². The zero-order valence-electron chi connectivity index (χ0n) is 9.30. The van der Waals surface area contributed by atoms with Crippen molar-refractivity contribution in [2.75, 3.05) is 26.2 Å². The monoisotopic (exact) mass is 235 g/mol. The van der Waals surface area contributed by atoms with E-state index >= 15 is 0 Å². The summed E-state index contributed by atoms with van der Waals surface area (Å²) in [5.74, 6) is 0. The molecule has 1 aliphatic rings. The first kappa shape index (κ1) is 11.4. The molecule has 86 valence electrons. The lowest BCUT2D eigenvalue weighted by Gasteiger charge is -2.34. The lowest BCUT2D eigenvalue weighted by atomic mass is 10.2. The summed E-state index contributed by atoms with van der Waals surface area (Å²) in [5, 5.41) is 0.527. The predicted octanol–water partition coefficient (Wildman–Crippen LogP) is 1.05. The number of benzene rings is 1. The standard InChI is InChI=1S/C12H17N3S/c13-12(16)15-8-6-14(7-9-15)10-11-4-2-1-3-5-11/h1-5H,6-10H2,(H2,13,16). The molecule has 0 spiro atoms. The van der Waals surface area contributed by atoms with E-state index in [0.29, 0.717) is 5.11 Å². The van der Waals surface area contributed by atoms with Crippen LogP contribution in [-0.4, -0.2) is 41.1 Å². The third-order valence-corrected chi connectivity index (χ3v) is 3.19. The summed E-state index contributed by atoms with van der Waals surface area (Å²) in [5.41, 5.74) is 6.97. The van der Waals surface area contributed by atoms with Crippen LogP contribution in [0.5, 0.6) is 0 Å². The normalized spacial score (nSPS) is 17.4. The Morgan fingerprint density at radius 2 is 1.75 bits per heavy atom. The van der Waals surface area contributed by atoms with Crippen LogP contribution in [-0.2, 0) is 6.54 Å². The predicted molar refractivity (Wildman–Crippen MR) is 70.1 cm³/mol. The van der Waals surface area contributed by atoms with E-state index in [-0.39, 0.29) is 0 Å². The fourth-order valence-electron chi connectivity index (χ4n) is 1.97. The second kappa shape index (κ2) is 5.27. The van der Waals surface area contributed by atoms with Crippen LogP contribution in [0.2, 0.25) is 0 Å². The van der Waals surface area contributed by atoms with Crippen molar-refractivity contribution in [2.24, 2.45) is 5.73 Å². The zero-order chi connectivity index (χ0) is 11.4. The van der Waals surface area contributed by atoms with E-state index in [2.05, 4.69) is 34.1 Å². The molecule has 1 saturated heterocycles. The third-order valence-electron chi connectivity index (χ3n) is 2.93. The molecule has 0 aliphatic carbocycles. The molecular weight excluding hydrogens is 218 g/mol. The van der Waals surface area contributed by atoms with E-state index in [1.165, 1.54) is 5.56 Å². The molecule has 0 aromatic heterocycles. The van der Waals surface area contributed by atoms with Crippen LogP contribution in [0.25, 0.3) is 0 Å². The highest BCUT2D eigenvalue weighted by molar-refractivity contribution is 7.80. The van der Waals surface area contributed by atoms with Crippen molar-refractivity contribution < 1.29 is 0 Å². The smallest absolute Gasteiger partial charge is 0.166 e. The molecule has 1 aromatic rings. The summed E-state index contributed by atoms with van der Waals surface area (Å²) >= 11 is 4.97. The van der Waals surface area contributed by atoms with Gasteiger partial charge in [-0.05, 0) is 17.8 Å². The van der Waals surface area contributed by atoms with Crippen molar-refractivity contribution in [3.8, 4) is 0 Å². The molecule has 2 rings (SSSR count). The van der Waals surface area contributed by atoms with Gasteiger partial charge in [-0.3, -0.25) is 4.90 Å². The summed E-state index contributed by atoms with van der Waals surface area (Å²) in [4.78, 5) is 4.50. The number of rotatable bonds is 2. The minimum atomic E-state index is 0.527. The first-order valence-electron chi connectivity index (χ1n) is 5.56. The maximum atomic E-state index is 5.60. The maximum Gasteiger partial charge on any atom is 0.166 e. The molecule has 1 aromatic carbocycles. The van der Waals surface area contributed by atoms with Crippen molar-refractivity contribution in [3.63, 3.8) is 0 Å². The Morgan fingerprint density at radius 3 is 2.31 bits per heavy atom. The van der Waals surface area contributed by atoms with Gasteiger partial charge in [-0.25, -0.2) is 0 Å². The van der Waals surface area contributed by atoms with Gasteiger partial charge in [0.05, 0.1) is 0 Å². The molecule has 0 atom stereocenters. The SMILES string of the molecule is NC(=S)N1CCN(Cc2ccccc2)CC1. The number of piperazine rings is 1. The first-order chi connectivity index (χ1) is 7.75. The highest BCUT2D eigenvalue weighted by atomic mass is 32.1. The summed E-state index contributed by atoms with van der Waals surface area (Å²) in [6, 6.07) is 10.6. The minimum Gasteiger partial charge on any atom is -0.376 e. The Kier molecular flexibility index (Phi) is 3.74. The Balaban J connectivity index is 1.84. The number of nitrogens with two attached hydrogens (primary N) is 1. The van der Waals surface area contributed by atoms with Crippen molar-refractivity contribution in [1.29, 1.82) is 0 Å². The molecule has 0 bridgehead atoms. The number of hydrogen-bond donors (Lipinski definition) is 1. The average Bonchev–Trinajstić information content (AvgIpc) is 2.31. The Labute approximate surface area is 102 Å². The molecule has 4 heteroatoms. The van der Waals surface area contributed by atoms with Crippen molar-refractivity contribution in [3.05, 3.63) is 35.9 Å². The van der Waals surface area contributed by atoms with Gasteiger partial charge in [0.1, 0.15) is 0 Å². The zero-order valence-corrected chi connectivity index (χ0v) is 10.1. The van der Waals surface area contributed by atoms with Gasteiger partial charge in [0.2, 0.25) is 0 Å². The van der Waals surface area contributed by atoms with Gasteiger partial charge in [0.15, 0.2) is 5.11 Å². The summed E-state index contributed by atoms with van der Waals surface area (Å²) in [6.45, 7) is 4.98. The molecule has 0 saturated carbocycles. The van der Waals surface area contributed by atoms with E-state index in [9.17, 15) is 0 Å². The van der Waals surface area contributed by atoms with Crippen molar-refractivity contribution in [2.45, 2.75) is 6.54 Å². The topological polar surface area (TPSA) is 32.5 Å². The second-order valence-corrected chi connectivity index (χ2v) is 4.51. The van der Waals surface area contributed by atoms with Crippen LogP contribution in [0, 0.1) is 0 Å². The molecule has 1 heterocycles. The summed E-state index contributed by atoms with van der Waals surface area (Å²) in [6.07, 6.45) is 0. The quantitative estimate of drug-likeness (QED) is 0.777. The van der Waals surface area contributed by atoms with E-state index in [0.717, 1.165) is 32.7 Å². The van der Waals surface area contributed by atoms with Gasteiger partial charge >= 0.3 is 0 Å². The largest absolute Gasteiger partial charge is 0.376 e. The molecule has 1 fully saturated rings. The van der Waals surface area contributed by atoms with E-state index in [1.54, 1.807) is 0 Å². The van der Waals surface area contributed by atoms with Gasteiger partial charge in [0, 0.05) is 32.7 Å². The maximum absolute atomic E-state index is 5.60. The van der Waals surface area contributed by atoms with Crippen LogP contribution >= 0.6 is 12.2 Å². The minimum absolute atomic E-state index is 0.527. The molecule has 0 unspecified atom stereocenters. The van der Waals surface area contributed by atoms with Crippen LogP contribution in [0.1, 0.15) is 5.56 Å². The Bertz CT molecular complexity index is 345. The average molecular weight is 235 g/mol. The number of thiocarbonyl (C=S) groups is 1. The van der Waals surface area contributed by atoms with Gasteiger partial charge in [-0.15, -0.1) is 0 Å². The molecule has 16 heavy (non-hydrogen) atoms. The van der Waals surface area contributed by atoms with Crippen molar-refractivity contribution >= 4 is 17.3 Å². The van der Waals surface area contributed by atoms with Crippen molar-refractivity contribution in [1.82, 2.24) is 9.80 Å². The van der Waals surface area contributed by atoms with Crippen LogP contribution in [0.3, 0.4) is 0 Å². The van der Waals surface area contributed by atoms with Crippen LogP contribution in [0.4, 0.5) is 0 Å². The molecular formula is C12H17N3S.